The first kappa shape index (κ1) is 15.7. The first-order valence-electron chi connectivity index (χ1n) is 7.39. The van der Waals surface area contributed by atoms with Crippen LogP contribution >= 0.6 is 0 Å². The van der Waals surface area contributed by atoms with E-state index in [0.717, 1.165) is 6.42 Å². The van der Waals surface area contributed by atoms with Crippen molar-refractivity contribution in [3.05, 3.63) is 35.9 Å². The number of methoxy groups -OCH3 is 1. The molecular formula is C17H28O2Si. The number of hydrogen-bond donors (Lipinski definition) is 0. The van der Waals surface area contributed by atoms with Crippen molar-refractivity contribution in [2.75, 3.05) is 7.11 Å². The van der Waals surface area contributed by atoms with E-state index in [-0.39, 0.29) is 10.5 Å². The highest BCUT2D eigenvalue weighted by Gasteiger charge is 2.69. The van der Waals surface area contributed by atoms with E-state index in [0.29, 0.717) is 0 Å². The Balaban J connectivity index is 2.27. The van der Waals surface area contributed by atoms with Gasteiger partial charge in [-0.05, 0) is 23.7 Å². The van der Waals surface area contributed by atoms with Crippen molar-refractivity contribution in [3.8, 4) is 0 Å². The predicted octanol–water partition coefficient (Wildman–Crippen LogP) is 4.71. The zero-order chi connectivity index (χ0) is 15.2. The van der Waals surface area contributed by atoms with Crippen LogP contribution in [-0.4, -0.2) is 21.2 Å². The van der Waals surface area contributed by atoms with Crippen LogP contribution in [0.15, 0.2) is 30.3 Å². The van der Waals surface area contributed by atoms with Crippen LogP contribution in [0.3, 0.4) is 0 Å². The molecule has 0 amide bonds. The topological polar surface area (TPSA) is 18.5 Å². The molecule has 1 aliphatic carbocycles. The van der Waals surface area contributed by atoms with Crippen molar-refractivity contribution in [2.24, 2.45) is 0 Å². The summed E-state index contributed by atoms with van der Waals surface area (Å²) in [6.07, 6.45) is 0.938. The highest BCUT2D eigenvalue weighted by molar-refractivity contribution is 6.74. The van der Waals surface area contributed by atoms with E-state index in [4.69, 9.17) is 9.16 Å². The van der Waals surface area contributed by atoms with E-state index in [2.05, 4.69) is 71.1 Å². The number of hydrogen-bond acceptors (Lipinski definition) is 2. The summed E-state index contributed by atoms with van der Waals surface area (Å²) < 4.78 is 12.5. The van der Waals surface area contributed by atoms with E-state index in [1.807, 2.05) is 0 Å². The molecule has 2 atom stereocenters. The molecule has 1 aliphatic rings. The average molecular weight is 292 g/mol. The molecule has 2 rings (SSSR count). The third-order valence-corrected chi connectivity index (χ3v) is 9.72. The molecular weight excluding hydrogens is 264 g/mol. The summed E-state index contributed by atoms with van der Waals surface area (Å²) in [4.78, 5) is 0. The van der Waals surface area contributed by atoms with E-state index >= 15 is 0 Å². The maximum Gasteiger partial charge on any atom is 0.195 e. The van der Waals surface area contributed by atoms with Crippen molar-refractivity contribution in [1.29, 1.82) is 0 Å². The number of ether oxygens (including phenoxy) is 1. The number of benzene rings is 1. The molecule has 0 heterocycles. The fourth-order valence-electron chi connectivity index (χ4n) is 2.60. The third-order valence-electron chi connectivity index (χ3n) is 5.27. The van der Waals surface area contributed by atoms with Gasteiger partial charge >= 0.3 is 0 Å². The summed E-state index contributed by atoms with van der Waals surface area (Å²) >= 11 is 0. The largest absolute Gasteiger partial charge is 0.389 e. The Morgan fingerprint density at radius 3 is 2.10 bits per heavy atom. The van der Waals surface area contributed by atoms with Crippen LogP contribution in [0.1, 0.15) is 39.7 Å². The molecule has 0 N–H and O–H groups in total. The van der Waals surface area contributed by atoms with Crippen LogP contribution in [0.25, 0.3) is 0 Å². The van der Waals surface area contributed by atoms with Crippen LogP contribution < -0.4 is 0 Å². The van der Waals surface area contributed by atoms with Gasteiger partial charge < -0.3 is 9.16 Å². The lowest BCUT2D eigenvalue weighted by Gasteiger charge is -2.40. The molecule has 1 saturated carbocycles. The smallest absolute Gasteiger partial charge is 0.195 e. The van der Waals surface area contributed by atoms with Gasteiger partial charge in [0.25, 0.3) is 0 Å². The van der Waals surface area contributed by atoms with Gasteiger partial charge in [-0.2, -0.15) is 0 Å². The molecule has 0 bridgehead atoms. The summed E-state index contributed by atoms with van der Waals surface area (Å²) in [5.41, 5.74) is 1.28. The molecule has 0 radical (unpaired) electrons. The molecule has 2 unspecified atom stereocenters. The van der Waals surface area contributed by atoms with Gasteiger partial charge in [0.15, 0.2) is 14.1 Å². The fraction of sp³-hybridized carbons (Fsp3) is 0.647. The second kappa shape index (κ2) is 4.69. The predicted molar refractivity (Wildman–Crippen MR) is 86.4 cm³/mol. The molecule has 0 spiro atoms. The Hall–Kier alpha value is -0.643. The quantitative estimate of drug-likeness (QED) is 0.591. The second-order valence-electron chi connectivity index (χ2n) is 7.69. The first-order valence-corrected chi connectivity index (χ1v) is 10.3. The first-order chi connectivity index (χ1) is 9.08. The molecule has 1 aromatic rings. The van der Waals surface area contributed by atoms with Crippen molar-refractivity contribution in [3.63, 3.8) is 0 Å². The normalized spacial score (nSPS) is 30.4. The summed E-state index contributed by atoms with van der Waals surface area (Å²) in [7, 11) is -0.0664. The lowest BCUT2D eigenvalue weighted by Crippen LogP contribution is -2.47. The summed E-state index contributed by atoms with van der Waals surface area (Å²) in [5, 5.41) is 0.193. The van der Waals surface area contributed by atoms with Gasteiger partial charge in [0, 0.05) is 13.5 Å². The second-order valence-corrected chi connectivity index (χ2v) is 12.4. The van der Waals surface area contributed by atoms with E-state index in [1.54, 1.807) is 7.11 Å². The molecule has 0 aliphatic heterocycles. The van der Waals surface area contributed by atoms with Crippen molar-refractivity contribution < 1.29 is 9.16 Å². The van der Waals surface area contributed by atoms with Gasteiger partial charge in [0.05, 0.1) is 5.41 Å². The summed E-state index contributed by atoms with van der Waals surface area (Å²) in [5.74, 6) is -0.447. The summed E-state index contributed by atoms with van der Waals surface area (Å²) in [6.45, 7) is 13.6. The van der Waals surface area contributed by atoms with Crippen LogP contribution in [0.4, 0.5) is 0 Å². The Morgan fingerprint density at radius 2 is 1.65 bits per heavy atom. The molecule has 1 fully saturated rings. The SMILES string of the molecule is COC1(O[Si](C)(C)C(C)(C)C)CC1(C)c1ccccc1. The minimum atomic E-state index is -1.85. The molecule has 1 aromatic carbocycles. The van der Waals surface area contributed by atoms with Crippen molar-refractivity contribution >= 4 is 8.32 Å². The maximum atomic E-state index is 6.64. The van der Waals surface area contributed by atoms with E-state index in [1.165, 1.54) is 5.56 Å². The third kappa shape index (κ3) is 2.36. The standard InChI is InChI=1S/C17H28O2Si/c1-15(2,3)20(6,7)19-17(18-5)13-16(17,4)14-11-9-8-10-12-14/h8-12H,13H2,1-7H3. The molecule has 0 saturated heterocycles. The van der Waals surface area contributed by atoms with Gasteiger partial charge in [-0.15, -0.1) is 0 Å². The van der Waals surface area contributed by atoms with Crippen molar-refractivity contribution in [1.82, 2.24) is 0 Å². The van der Waals surface area contributed by atoms with E-state index in [9.17, 15) is 0 Å². The van der Waals surface area contributed by atoms with Crippen molar-refractivity contribution in [2.45, 2.75) is 63.5 Å². The van der Waals surface area contributed by atoms with Crippen LogP contribution in [0.2, 0.25) is 18.1 Å². The summed E-state index contributed by atoms with van der Waals surface area (Å²) in [6, 6.07) is 10.6. The Bertz CT molecular complexity index is 478. The average Bonchev–Trinajstić information content (AvgIpc) is 2.95. The van der Waals surface area contributed by atoms with Crippen LogP contribution in [-0.2, 0) is 14.6 Å². The van der Waals surface area contributed by atoms with Gasteiger partial charge in [-0.3, -0.25) is 0 Å². The van der Waals surface area contributed by atoms with E-state index < -0.39 is 14.1 Å². The highest BCUT2D eigenvalue weighted by Crippen LogP contribution is 2.62. The fourth-order valence-corrected chi connectivity index (χ4v) is 4.11. The minimum absolute atomic E-state index is 0.0292. The monoisotopic (exact) mass is 292 g/mol. The van der Waals surface area contributed by atoms with Gasteiger partial charge in [-0.1, -0.05) is 58.0 Å². The molecule has 112 valence electrons. The minimum Gasteiger partial charge on any atom is -0.389 e. The van der Waals surface area contributed by atoms with Crippen LogP contribution in [0, 0.1) is 0 Å². The Labute approximate surface area is 124 Å². The number of rotatable bonds is 4. The Kier molecular flexibility index (Phi) is 3.69. The molecule has 20 heavy (non-hydrogen) atoms. The van der Waals surface area contributed by atoms with Gasteiger partial charge in [-0.25, -0.2) is 0 Å². The van der Waals surface area contributed by atoms with Gasteiger partial charge in [0.2, 0.25) is 0 Å². The molecule has 3 heteroatoms. The lowest BCUT2D eigenvalue weighted by molar-refractivity contribution is -0.105. The Morgan fingerprint density at radius 1 is 1.10 bits per heavy atom. The van der Waals surface area contributed by atoms with Crippen LogP contribution in [0.5, 0.6) is 0 Å². The maximum absolute atomic E-state index is 6.64. The molecule has 2 nitrogen and oxygen atoms in total. The lowest BCUT2D eigenvalue weighted by atomic mass is 9.97. The highest BCUT2D eigenvalue weighted by atomic mass is 28.4. The zero-order valence-corrected chi connectivity index (χ0v) is 14.9. The molecule has 0 aromatic heterocycles. The van der Waals surface area contributed by atoms with Gasteiger partial charge in [0.1, 0.15) is 0 Å². The zero-order valence-electron chi connectivity index (χ0n) is 13.9.